The summed E-state index contributed by atoms with van der Waals surface area (Å²) >= 11 is 5.75. The van der Waals surface area contributed by atoms with E-state index in [0.29, 0.717) is 10.7 Å². The molecule has 1 aromatic rings. The number of ether oxygens (including phenoxy) is 1. The average Bonchev–Trinajstić information content (AvgIpc) is 3.18. The minimum atomic E-state index is -1.70. The van der Waals surface area contributed by atoms with Crippen LogP contribution in [0.15, 0.2) is 24.3 Å². The van der Waals surface area contributed by atoms with Crippen molar-refractivity contribution in [3.05, 3.63) is 29.3 Å². The largest absolute Gasteiger partial charge is 0.481 e. The van der Waals surface area contributed by atoms with Gasteiger partial charge in [0.1, 0.15) is 11.6 Å². The van der Waals surface area contributed by atoms with Gasteiger partial charge in [-0.2, -0.15) is 0 Å². The van der Waals surface area contributed by atoms with Crippen molar-refractivity contribution in [2.24, 2.45) is 23.5 Å². The third kappa shape index (κ3) is 2.67. The first-order chi connectivity index (χ1) is 11.2. The molecule has 2 saturated carbocycles. The van der Waals surface area contributed by atoms with Crippen LogP contribution in [0.4, 0.5) is 10.5 Å². The zero-order valence-electron chi connectivity index (χ0n) is 12.3. The number of benzene rings is 1. The van der Waals surface area contributed by atoms with Crippen molar-refractivity contribution in [1.82, 2.24) is 0 Å². The van der Waals surface area contributed by atoms with Crippen LogP contribution in [0.3, 0.4) is 0 Å². The number of carboxylic acid groups (broad SMARTS) is 2. The standard InChI is InChI=1S/C15H15ClN2O6/c16-6-1-3-7(4-2-6)18-14(23)24-8-5-15(17,13(21)22)11-9(8)10(11)12(19)20/h1-4,8-11H,5,17H2,(H,18,23)(H,19,20)(H,21,22)/t8-,9-,10-,11-,15-/m0/s1. The van der Waals surface area contributed by atoms with Crippen molar-refractivity contribution < 1.29 is 29.3 Å². The Morgan fingerprint density at radius 3 is 2.42 bits per heavy atom. The molecule has 9 heteroatoms. The van der Waals surface area contributed by atoms with E-state index in [1.54, 1.807) is 24.3 Å². The highest BCUT2D eigenvalue weighted by molar-refractivity contribution is 6.30. The molecule has 2 aliphatic rings. The molecule has 5 N–H and O–H groups in total. The summed E-state index contributed by atoms with van der Waals surface area (Å²) in [7, 11) is 0. The maximum Gasteiger partial charge on any atom is 0.411 e. The first-order valence-corrected chi connectivity index (χ1v) is 7.60. The van der Waals surface area contributed by atoms with Gasteiger partial charge in [-0.3, -0.25) is 14.9 Å². The molecular weight excluding hydrogens is 340 g/mol. The van der Waals surface area contributed by atoms with E-state index >= 15 is 0 Å². The van der Waals surface area contributed by atoms with Gasteiger partial charge in [0.05, 0.1) is 5.92 Å². The summed E-state index contributed by atoms with van der Waals surface area (Å²) in [5.41, 5.74) is 4.61. The molecule has 0 aromatic heterocycles. The lowest BCUT2D eigenvalue weighted by Gasteiger charge is -2.24. The molecule has 0 saturated heterocycles. The van der Waals surface area contributed by atoms with Crippen LogP contribution in [0.1, 0.15) is 6.42 Å². The van der Waals surface area contributed by atoms with Gasteiger partial charge in [0.25, 0.3) is 0 Å². The number of carbonyl (C=O) groups excluding carboxylic acids is 1. The first kappa shape index (κ1) is 16.5. The molecule has 8 nitrogen and oxygen atoms in total. The Bertz CT molecular complexity index is 708. The van der Waals surface area contributed by atoms with E-state index in [9.17, 15) is 19.5 Å². The predicted molar refractivity (Wildman–Crippen MR) is 82.6 cm³/mol. The number of aliphatic carboxylic acids is 2. The zero-order valence-corrected chi connectivity index (χ0v) is 13.1. The highest BCUT2D eigenvalue weighted by atomic mass is 35.5. The molecule has 0 spiro atoms. The number of rotatable bonds is 4. The molecule has 0 bridgehead atoms. The molecule has 3 rings (SSSR count). The Balaban J connectivity index is 1.69. The maximum absolute atomic E-state index is 12.0. The lowest BCUT2D eigenvalue weighted by atomic mass is 9.91. The molecule has 1 aromatic carbocycles. The topological polar surface area (TPSA) is 139 Å². The Morgan fingerprint density at radius 2 is 1.88 bits per heavy atom. The number of nitrogens with one attached hydrogen (secondary N) is 1. The van der Waals surface area contributed by atoms with Crippen molar-refractivity contribution in [1.29, 1.82) is 0 Å². The van der Waals surface area contributed by atoms with Gasteiger partial charge in [0.2, 0.25) is 0 Å². The molecule has 24 heavy (non-hydrogen) atoms. The molecular formula is C15H15ClN2O6. The Morgan fingerprint density at radius 1 is 1.25 bits per heavy atom. The number of hydrogen-bond acceptors (Lipinski definition) is 5. The fraction of sp³-hybridized carbons (Fsp3) is 0.400. The van der Waals surface area contributed by atoms with Crippen LogP contribution in [0, 0.1) is 17.8 Å². The fourth-order valence-corrected chi connectivity index (χ4v) is 3.68. The SMILES string of the molecule is N[C@@]1(C(=O)O)C[C@H](OC(=O)Nc2ccc(Cl)cc2)[C@H]2[C@H](C(=O)O)[C@H]21. The van der Waals surface area contributed by atoms with Crippen LogP contribution < -0.4 is 11.1 Å². The Labute approximate surface area is 141 Å². The number of carbonyl (C=O) groups is 3. The van der Waals surface area contributed by atoms with E-state index in [-0.39, 0.29) is 6.42 Å². The third-order valence-electron chi connectivity index (χ3n) is 4.67. The number of fused-ring (bicyclic) bond motifs is 1. The van der Waals surface area contributed by atoms with Crippen molar-refractivity contribution in [3.8, 4) is 0 Å². The molecule has 5 atom stereocenters. The number of anilines is 1. The van der Waals surface area contributed by atoms with Gasteiger partial charge >= 0.3 is 18.0 Å². The lowest BCUT2D eigenvalue weighted by molar-refractivity contribution is -0.146. The van der Waals surface area contributed by atoms with E-state index in [2.05, 4.69) is 5.32 Å². The smallest absolute Gasteiger partial charge is 0.411 e. The number of amides is 1. The highest BCUT2D eigenvalue weighted by Crippen LogP contribution is 2.62. The molecule has 2 fully saturated rings. The van der Waals surface area contributed by atoms with Gasteiger partial charge in [-0.25, -0.2) is 4.79 Å². The summed E-state index contributed by atoms with van der Waals surface area (Å²) < 4.78 is 5.24. The van der Waals surface area contributed by atoms with Crippen molar-refractivity contribution in [2.45, 2.75) is 18.1 Å². The molecule has 128 valence electrons. The second kappa shape index (κ2) is 5.64. The van der Waals surface area contributed by atoms with Gasteiger partial charge in [-0.15, -0.1) is 0 Å². The summed E-state index contributed by atoms with van der Waals surface area (Å²) in [6, 6.07) is 6.31. The summed E-state index contributed by atoms with van der Waals surface area (Å²) in [5.74, 6) is -4.65. The van der Waals surface area contributed by atoms with Crippen LogP contribution in [-0.4, -0.2) is 39.9 Å². The molecule has 0 heterocycles. The van der Waals surface area contributed by atoms with Crippen LogP contribution >= 0.6 is 11.6 Å². The molecule has 0 unspecified atom stereocenters. The Kier molecular flexibility index (Phi) is 3.89. The summed E-state index contributed by atoms with van der Waals surface area (Å²) in [4.78, 5) is 34.6. The average molecular weight is 355 g/mol. The quantitative estimate of drug-likeness (QED) is 0.640. The number of nitrogens with two attached hydrogens (primary N) is 1. The monoisotopic (exact) mass is 354 g/mol. The molecule has 2 aliphatic carbocycles. The van der Waals surface area contributed by atoms with Gasteiger partial charge in [0.15, 0.2) is 0 Å². The number of hydrogen-bond donors (Lipinski definition) is 4. The normalized spacial score (nSPS) is 33.4. The van der Waals surface area contributed by atoms with Gasteiger partial charge in [-0.05, 0) is 24.3 Å². The summed E-state index contributed by atoms with van der Waals surface area (Å²) in [6.45, 7) is 0. The fourth-order valence-electron chi connectivity index (χ4n) is 3.55. The minimum absolute atomic E-state index is 0.116. The lowest BCUT2D eigenvalue weighted by Crippen LogP contribution is -2.51. The van der Waals surface area contributed by atoms with Gasteiger partial charge in [0, 0.05) is 29.0 Å². The summed E-state index contributed by atoms with van der Waals surface area (Å²) in [6.07, 6.45) is -1.77. The maximum atomic E-state index is 12.0. The van der Waals surface area contributed by atoms with E-state index in [1.165, 1.54) is 0 Å². The second-order valence-electron chi connectivity index (χ2n) is 6.09. The van der Waals surface area contributed by atoms with E-state index in [0.717, 1.165) is 0 Å². The van der Waals surface area contributed by atoms with E-state index in [1.807, 2.05) is 0 Å². The van der Waals surface area contributed by atoms with Gasteiger partial charge < -0.3 is 20.7 Å². The Hall–Kier alpha value is -2.32. The minimum Gasteiger partial charge on any atom is -0.481 e. The second-order valence-corrected chi connectivity index (χ2v) is 6.53. The van der Waals surface area contributed by atoms with Crippen LogP contribution in [0.2, 0.25) is 5.02 Å². The van der Waals surface area contributed by atoms with Crippen molar-refractivity contribution >= 4 is 35.3 Å². The van der Waals surface area contributed by atoms with Crippen LogP contribution in [-0.2, 0) is 14.3 Å². The van der Waals surface area contributed by atoms with Crippen LogP contribution in [0.5, 0.6) is 0 Å². The highest BCUT2D eigenvalue weighted by Gasteiger charge is 2.75. The van der Waals surface area contributed by atoms with E-state index < -0.39 is 47.4 Å². The summed E-state index contributed by atoms with van der Waals surface area (Å²) in [5, 5.41) is 21.4. The van der Waals surface area contributed by atoms with Crippen molar-refractivity contribution in [3.63, 3.8) is 0 Å². The molecule has 0 radical (unpaired) electrons. The van der Waals surface area contributed by atoms with E-state index in [4.69, 9.17) is 27.2 Å². The first-order valence-electron chi connectivity index (χ1n) is 7.22. The van der Waals surface area contributed by atoms with Crippen molar-refractivity contribution in [2.75, 3.05) is 5.32 Å². The number of carboxylic acids is 2. The molecule has 0 aliphatic heterocycles. The predicted octanol–water partition coefficient (Wildman–Crippen LogP) is 1.39. The molecule has 1 amide bonds. The zero-order chi connectivity index (χ0) is 17.6. The third-order valence-corrected chi connectivity index (χ3v) is 4.92. The van der Waals surface area contributed by atoms with Gasteiger partial charge in [-0.1, -0.05) is 11.6 Å². The van der Waals surface area contributed by atoms with Crippen LogP contribution in [0.25, 0.3) is 0 Å². The number of halogens is 1.